The van der Waals surface area contributed by atoms with Crippen molar-refractivity contribution in [2.45, 2.75) is 51.7 Å². The highest BCUT2D eigenvalue weighted by atomic mass is 32.3. The van der Waals surface area contributed by atoms with Crippen LogP contribution in [0.3, 0.4) is 0 Å². The van der Waals surface area contributed by atoms with Gasteiger partial charge >= 0.3 is 16.3 Å². The van der Waals surface area contributed by atoms with E-state index in [0.29, 0.717) is 18.8 Å². The third kappa shape index (κ3) is 6.56. The van der Waals surface area contributed by atoms with E-state index in [-0.39, 0.29) is 31.0 Å². The van der Waals surface area contributed by atoms with E-state index in [1.165, 1.54) is 4.90 Å². The van der Waals surface area contributed by atoms with Gasteiger partial charge in [0, 0.05) is 38.0 Å². The largest absolute Gasteiger partial charge is 0.444 e. The molecule has 1 N–H and O–H groups in total. The van der Waals surface area contributed by atoms with Gasteiger partial charge in [-0.05, 0) is 45.7 Å². The SMILES string of the molecule is CC(C)(C)OC(=O)N1CCC(Nc2ccccc2N2CC(CS(=O)(=O)F)CC2=O)CC1. The molecule has 1 atom stereocenters. The predicted octanol–water partition coefficient (Wildman–Crippen LogP) is 3.15. The summed E-state index contributed by atoms with van der Waals surface area (Å²) < 4.78 is 40.4. The highest BCUT2D eigenvalue weighted by molar-refractivity contribution is 7.86. The fraction of sp³-hybridized carbons (Fsp3) is 0.619. The molecule has 0 spiro atoms. The van der Waals surface area contributed by atoms with E-state index in [1.807, 2.05) is 32.9 Å². The maximum absolute atomic E-state index is 13.1. The number of rotatable bonds is 5. The van der Waals surface area contributed by atoms with E-state index in [9.17, 15) is 21.9 Å². The van der Waals surface area contributed by atoms with Gasteiger partial charge in [0.05, 0.1) is 17.1 Å². The fourth-order valence-electron chi connectivity index (χ4n) is 3.99. The molecule has 0 aliphatic carbocycles. The van der Waals surface area contributed by atoms with Crippen molar-refractivity contribution in [3.63, 3.8) is 0 Å². The minimum Gasteiger partial charge on any atom is -0.444 e. The Morgan fingerprint density at radius 1 is 1.23 bits per heavy atom. The first-order valence-electron chi connectivity index (χ1n) is 10.5. The van der Waals surface area contributed by atoms with E-state index in [4.69, 9.17) is 4.74 Å². The summed E-state index contributed by atoms with van der Waals surface area (Å²) in [4.78, 5) is 27.9. The van der Waals surface area contributed by atoms with Crippen molar-refractivity contribution in [1.29, 1.82) is 0 Å². The molecule has 3 rings (SSSR count). The number of amides is 2. The van der Waals surface area contributed by atoms with Crippen LogP contribution in [-0.4, -0.2) is 62.3 Å². The number of likely N-dealkylation sites (tertiary alicyclic amines) is 1. The second-order valence-corrected chi connectivity index (χ2v) is 10.6. The van der Waals surface area contributed by atoms with Crippen LogP contribution in [-0.2, 0) is 19.8 Å². The van der Waals surface area contributed by atoms with Gasteiger partial charge in [0.1, 0.15) is 5.60 Å². The van der Waals surface area contributed by atoms with E-state index >= 15 is 0 Å². The molecule has 10 heteroatoms. The Labute approximate surface area is 182 Å². The summed E-state index contributed by atoms with van der Waals surface area (Å²) in [5.41, 5.74) is 0.878. The van der Waals surface area contributed by atoms with Crippen LogP contribution >= 0.6 is 0 Å². The summed E-state index contributed by atoms with van der Waals surface area (Å²) in [6.45, 7) is 6.80. The number of para-hydroxylation sites is 2. The van der Waals surface area contributed by atoms with E-state index < -0.39 is 27.5 Å². The quantitative estimate of drug-likeness (QED) is 0.686. The minimum atomic E-state index is -4.63. The molecule has 2 aliphatic heterocycles. The summed E-state index contributed by atoms with van der Waals surface area (Å²) in [5.74, 6) is -1.43. The molecule has 31 heavy (non-hydrogen) atoms. The number of carbonyl (C=O) groups is 2. The second kappa shape index (κ2) is 9.02. The monoisotopic (exact) mass is 455 g/mol. The van der Waals surface area contributed by atoms with Crippen LogP contribution < -0.4 is 10.2 Å². The number of carbonyl (C=O) groups excluding carboxylic acids is 2. The molecule has 2 fully saturated rings. The Balaban J connectivity index is 1.62. The fourth-order valence-corrected chi connectivity index (χ4v) is 4.78. The molecule has 2 heterocycles. The average molecular weight is 456 g/mol. The highest BCUT2D eigenvalue weighted by Crippen LogP contribution is 2.33. The first-order valence-corrected chi connectivity index (χ1v) is 12.0. The molecule has 1 aromatic carbocycles. The van der Waals surface area contributed by atoms with Gasteiger partial charge in [-0.2, -0.15) is 8.42 Å². The third-order valence-electron chi connectivity index (χ3n) is 5.34. The molecular formula is C21H30FN3O5S. The van der Waals surface area contributed by atoms with E-state index in [0.717, 1.165) is 18.5 Å². The molecule has 2 amide bonds. The minimum absolute atomic E-state index is 0.00572. The summed E-state index contributed by atoms with van der Waals surface area (Å²) in [6.07, 6.45) is 1.14. The van der Waals surface area contributed by atoms with Gasteiger partial charge in [0.2, 0.25) is 5.91 Å². The Morgan fingerprint density at radius 3 is 2.48 bits per heavy atom. The van der Waals surface area contributed by atoms with E-state index in [2.05, 4.69) is 5.32 Å². The molecule has 172 valence electrons. The number of hydrogen-bond acceptors (Lipinski definition) is 6. The lowest BCUT2D eigenvalue weighted by molar-refractivity contribution is -0.117. The second-order valence-electron chi connectivity index (χ2n) is 9.18. The zero-order valence-electron chi connectivity index (χ0n) is 18.1. The lowest BCUT2D eigenvalue weighted by Gasteiger charge is -2.34. The van der Waals surface area contributed by atoms with Gasteiger partial charge in [-0.15, -0.1) is 3.89 Å². The van der Waals surface area contributed by atoms with Crippen LogP contribution in [0.25, 0.3) is 0 Å². The molecule has 2 aliphatic rings. The van der Waals surface area contributed by atoms with Crippen molar-refractivity contribution < 1.29 is 26.6 Å². The lowest BCUT2D eigenvalue weighted by atomic mass is 10.0. The van der Waals surface area contributed by atoms with E-state index in [1.54, 1.807) is 17.0 Å². The lowest BCUT2D eigenvalue weighted by Crippen LogP contribution is -2.44. The van der Waals surface area contributed by atoms with Gasteiger partial charge in [-0.25, -0.2) is 4.79 Å². The molecule has 0 bridgehead atoms. The first-order chi connectivity index (χ1) is 14.4. The number of anilines is 2. The van der Waals surface area contributed by atoms with Crippen molar-refractivity contribution in [2.75, 3.05) is 35.6 Å². The van der Waals surface area contributed by atoms with Crippen LogP contribution in [0.4, 0.5) is 20.1 Å². The zero-order chi connectivity index (χ0) is 22.8. The summed E-state index contributed by atoms with van der Waals surface area (Å²) in [5, 5.41) is 3.45. The van der Waals surface area contributed by atoms with Crippen LogP contribution in [0.1, 0.15) is 40.0 Å². The molecule has 8 nitrogen and oxygen atoms in total. The molecule has 0 saturated carbocycles. The Morgan fingerprint density at radius 2 is 1.87 bits per heavy atom. The molecular weight excluding hydrogens is 425 g/mol. The van der Waals surface area contributed by atoms with Crippen LogP contribution in [0.5, 0.6) is 0 Å². The molecule has 2 saturated heterocycles. The smallest absolute Gasteiger partial charge is 0.410 e. The van der Waals surface area contributed by atoms with Crippen molar-refractivity contribution in [3.05, 3.63) is 24.3 Å². The van der Waals surface area contributed by atoms with Crippen molar-refractivity contribution >= 4 is 33.6 Å². The number of piperidine rings is 1. The number of nitrogens with zero attached hydrogens (tertiary/aromatic N) is 2. The van der Waals surface area contributed by atoms with Crippen LogP contribution in [0.15, 0.2) is 24.3 Å². The Bertz CT molecular complexity index is 923. The van der Waals surface area contributed by atoms with Crippen LogP contribution in [0.2, 0.25) is 0 Å². The van der Waals surface area contributed by atoms with Crippen molar-refractivity contribution in [2.24, 2.45) is 5.92 Å². The predicted molar refractivity (Wildman–Crippen MR) is 116 cm³/mol. The maximum atomic E-state index is 13.1. The van der Waals surface area contributed by atoms with Gasteiger partial charge in [-0.1, -0.05) is 12.1 Å². The van der Waals surface area contributed by atoms with Crippen LogP contribution in [0, 0.1) is 5.92 Å². The summed E-state index contributed by atoms with van der Waals surface area (Å²) in [7, 11) is -4.63. The number of nitrogens with one attached hydrogen (secondary N) is 1. The standard InChI is InChI=1S/C21H30FN3O5S/c1-21(2,3)30-20(27)24-10-8-16(9-11-24)23-17-6-4-5-7-18(17)25-13-15(12-19(25)26)14-31(22,28)29/h4-7,15-16,23H,8-14H2,1-3H3. The number of hydrogen-bond donors (Lipinski definition) is 1. The summed E-state index contributed by atoms with van der Waals surface area (Å²) in [6, 6.07) is 7.42. The number of halogens is 1. The Kier molecular flexibility index (Phi) is 6.78. The highest BCUT2D eigenvalue weighted by Gasteiger charge is 2.35. The molecule has 1 unspecified atom stereocenters. The number of ether oxygens (including phenoxy) is 1. The van der Waals surface area contributed by atoms with Crippen molar-refractivity contribution in [1.82, 2.24) is 4.90 Å². The Hall–Kier alpha value is -2.36. The topological polar surface area (TPSA) is 96.0 Å². The molecule has 0 radical (unpaired) electrons. The maximum Gasteiger partial charge on any atom is 0.410 e. The van der Waals surface area contributed by atoms with Gasteiger partial charge < -0.3 is 19.9 Å². The normalized spacial score (nSPS) is 20.8. The van der Waals surface area contributed by atoms with Gasteiger partial charge in [0.15, 0.2) is 0 Å². The summed E-state index contributed by atoms with van der Waals surface area (Å²) >= 11 is 0. The average Bonchev–Trinajstić information content (AvgIpc) is 2.99. The van der Waals surface area contributed by atoms with Gasteiger partial charge in [-0.3, -0.25) is 4.79 Å². The third-order valence-corrected chi connectivity index (χ3v) is 6.21. The van der Waals surface area contributed by atoms with Gasteiger partial charge in [0.25, 0.3) is 0 Å². The first kappa shape index (κ1) is 23.3. The van der Waals surface area contributed by atoms with Crippen molar-refractivity contribution in [3.8, 4) is 0 Å². The molecule has 0 aromatic heterocycles. The zero-order valence-corrected chi connectivity index (χ0v) is 19.0. The number of benzene rings is 1. The molecule has 1 aromatic rings.